The summed E-state index contributed by atoms with van der Waals surface area (Å²) in [5, 5.41) is 4.52. The van der Waals surface area contributed by atoms with Gasteiger partial charge >= 0.3 is 0 Å². The lowest BCUT2D eigenvalue weighted by atomic mass is 10.2. The van der Waals surface area contributed by atoms with Crippen LogP contribution < -0.4 is 14.8 Å². The number of hydrogen-bond donors (Lipinski definition) is 1. The Hall–Kier alpha value is -1.59. The zero-order valence-corrected chi connectivity index (χ0v) is 12.9. The van der Waals surface area contributed by atoms with Crippen molar-refractivity contribution in [2.24, 2.45) is 0 Å². The summed E-state index contributed by atoms with van der Waals surface area (Å²) in [5.41, 5.74) is 1.13. The third-order valence-electron chi connectivity index (χ3n) is 2.97. The van der Waals surface area contributed by atoms with Gasteiger partial charge < -0.3 is 14.8 Å². The second-order valence-electron chi connectivity index (χ2n) is 4.40. The van der Waals surface area contributed by atoms with Gasteiger partial charge in [0.25, 0.3) is 0 Å². The van der Waals surface area contributed by atoms with E-state index >= 15 is 0 Å². The molecule has 20 heavy (non-hydrogen) atoms. The summed E-state index contributed by atoms with van der Waals surface area (Å²) >= 11 is 1.76. The van der Waals surface area contributed by atoms with Crippen LogP contribution in [0.25, 0.3) is 0 Å². The topological polar surface area (TPSA) is 43.4 Å². The molecule has 5 heteroatoms. The SMILES string of the molecule is CCc1cnc(CNCc2cc(OC)cc(OC)c2)s1. The fourth-order valence-electron chi connectivity index (χ4n) is 1.88. The van der Waals surface area contributed by atoms with Gasteiger partial charge in [-0.05, 0) is 24.1 Å². The van der Waals surface area contributed by atoms with E-state index < -0.39 is 0 Å². The first-order chi connectivity index (χ1) is 9.75. The number of nitrogens with one attached hydrogen (secondary N) is 1. The van der Waals surface area contributed by atoms with Gasteiger partial charge in [0.05, 0.1) is 14.2 Å². The molecule has 1 aromatic carbocycles. The molecule has 0 saturated heterocycles. The van der Waals surface area contributed by atoms with Crippen molar-refractivity contribution in [1.82, 2.24) is 10.3 Å². The Morgan fingerprint density at radius 1 is 1.10 bits per heavy atom. The van der Waals surface area contributed by atoms with E-state index in [0.29, 0.717) is 0 Å². The Labute approximate surface area is 123 Å². The second kappa shape index (κ2) is 7.26. The smallest absolute Gasteiger partial charge is 0.122 e. The van der Waals surface area contributed by atoms with Crippen LogP contribution in [0.3, 0.4) is 0 Å². The monoisotopic (exact) mass is 292 g/mol. The molecule has 0 bridgehead atoms. The molecule has 0 saturated carbocycles. The highest BCUT2D eigenvalue weighted by molar-refractivity contribution is 7.11. The number of nitrogens with zero attached hydrogens (tertiary/aromatic N) is 1. The average Bonchev–Trinajstić information content (AvgIpc) is 2.94. The third kappa shape index (κ3) is 3.95. The molecule has 1 N–H and O–H groups in total. The molecule has 0 unspecified atom stereocenters. The van der Waals surface area contributed by atoms with Crippen LogP contribution in [0.4, 0.5) is 0 Å². The minimum atomic E-state index is 0.759. The van der Waals surface area contributed by atoms with E-state index in [1.165, 1.54) is 4.88 Å². The van der Waals surface area contributed by atoms with Gasteiger partial charge in [0.1, 0.15) is 16.5 Å². The van der Waals surface area contributed by atoms with Crippen molar-refractivity contribution < 1.29 is 9.47 Å². The minimum Gasteiger partial charge on any atom is -0.497 e. The zero-order valence-electron chi connectivity index (χ0n) is 12.1. The van der Waals surface area contributed by atoms with E-state index in [9.17, 15) is 0 Å². The quantitative estimate of drug-likeness (QED) is 0.852. The van der Waals surface area contributed by atoms with Gasteiger partial charge in [0.2, 0.25) is 0 Å². The van der Waals surface area contributed by atoms with Crippen LogP contribution >= 0.6 is 11.3 Å². The van der Waals surface area contributed by atoms with Gasteiger partial charge in [0.15, 0.2) is 0 Å². The first-order valence-electron chi connectivity index (χ1n) is 6.61. The normalized spacial score (nSPS) is 10.6. The summed E-state index contributed by atoms with van der Waals surface area (Å²) in [4.78, 5) is 5.72. The van der Waals surface area contributed by atoms with E-state index in [0.717, 1.165) is 41.6 Å². The summed E-state index contributed by atoms with van der Waals surface area (Å²) < 4.78 is 10.5. The van der Waals surface area contributed by atoms with Crippen molar-refractivity contribution in [1.29, 1.82) is 0 Å². The Morgan fingerprint density at radius 3 is 2.35 bits per heavy atom. The van der Waals surface area contributed by atoms with E-state index in [2.05, 4.69) is 17.2 Å². The molecule has 1 aromatic heterocycles. The minimum absolute atomic E-state index is 0.759. The van der Waals surface area contributed by atoms with Crippen LogP contribution in [-0.4, -0.2) is 19.2 Å². The molecule has 2 rings (SSSR count). The lowest BCUT2D eigenvalue weighted by Gasteiger charge is -2.09. The van der Waals surface area contributed by atoms with Gasteiger partial charge in [-0.2, -0.15) is 0 Å². The van der Waals surface area contributed by atoms with Crippen molar-refractivity contribution in [2.45, 2.75) is 26.4 Å². The predicted octanol–water partition coefficient (Wildman–Crippen LogP) is 3.01. The molecule has 4 nitrogen and oxygen atoms in total. The molecule has 0 aliphatic rings. The summed E-state index contributed by atoms with van der Waals surface area (Å²) in [6.07, 6.45) is 3.00. The average molecular weight is 292 g/mol. The largest absolute Gasteiger partial charge is 0.497 e. The Kier molecular flexibility index (Phi) is 5.38. The summed E-state index contributed by atoms with van der Waals surface area (Å²) in [7, 11) is 3.32. The van der Waals surface area contributed by atoms with Gasteiger partial charge in [-0.1, -0.05) is 6.92 Å². The zero-order chi connectivity index (χ0) is 14.4. The van der Waals surface area contributed by atoms with Crippen LogP contribution in [0, 0.1) is 0 Å². The number of aromatic nitrogens is 1. The second-order valence-corrected chi connectivity index (χ2v) is 5.60. The summed E-state index contributed by atoms with van der Waals surface area (Å²) in [5.74, 6) is 1.62. The van der Waals surface area contributed by atoms with Gasteiger partial charge in [0, 0.05) is 30.2 Å². The molecule has 0 atom stereocenters. The maximum atomic E-state index is 5.26. The fraction of sp³-hybridized carbons (Fsp3) is 0.400. The molecule has 1 heterocycles. The van der Waals surface area contributed by atoms with Crippen molar-refractivity contribution in [2.75, 3.05) is 14.2 Å². The number of methoxy groups -OCH3 is 2. The summed E-state index contributed by atoms with van der Waals surface area (Å²) in [6, 6.07) is 5.89. The number of hydrogen-bond acceptors (Lipinski definition) is 5. The number of benzene rings is 1. The van der Waals surface area contributed by atoms with Crippen molar-refractivity contribution >= 4 is 11.3 Å². The van der Waals surface area contributed by atoms with E-state index in [1.54, 1.807) is 25.6 Å². The number of rotatable bonds is 7. The first-order valence-corrected chi connectivity index (χ1v) is 7.43. The fourth-order valence-corrected chi connectivity index (χ4v) is 2.71. The lowest BCUT2D eigenvalue weighted by molar-refractivity contribution is 0.393. The predicted molar refractivity (Wildman–Crippen MR) is 81.6 cm³/mol. The molecule has 0 radical (unpaired) electrons. The lowest BCUT2D eigenvalue weighted by Crippen LogP contribution is -2.12. The first kappa shape index (κ1) is 14.8. The molecular formula is C15H20N2O2S. The van der Waals surface area contributed by atoms with Gasteiger partial charge in [-0.25, -0.2) is 4.98 Å². The van der Waals surface area contributed by atoms with Crippen molar-refractivity contribution in [3.05, 3.63) is 39.8 Å². The third-order valence-corrected chi connectivity index (χ3v) is 4.11. The highest BCUT2D eigenvalue weighted by Crippen LogP contribution is 2.22. The van der Waals surface area contributed by atoms with Gasteiger partial charge in [-0.15, -0.1) is 11.3 Å². The van der Waals surface area contributed by atoms with Crippen LogP contribution in [0.1, 0.15) is 22.4 Å². The molecule has 108 valence electrons. The number of thiazole rings is 1. The maximum absolute atomic E-state index is 5.26. The van der Waals surface area contributed by atoms with Crippen molar-refractivity contribution in [3.8, 4) is 11.5 Å². The van der Waals surface area contributed by atoms with E-state index in [-0.39, 0.29) is 0 Å². The molecule has 0 aliphatic heterocycles. The molecule has 2 aromatic rings. The molecule has 0 fully saturated rings. The molecule has 0 aliphatic carbocycles. The molecular weight excluding hydrogens is 272 g/mol. The van der Waals surface area contributed by atoms with Crippen LogP contribution in [0.5, 0.6) is 11.5 Å². The summed E-state index contributed by atoms with van der Waals surface area (Å²) in [6.45, 7) is 3.69. The van der Waals surface area contributed by atoms with Crippen molar-refractivity contribution in [3.63, 3.8) is 0 Å². The van der Waals surface area contributed by atoms with Crippen LogP contribution in [0.2, 0.25) is 0 Å². The van der Waals surface area contributed by atoms with Crippen LogP contribution in [0.15, 0.2) is 24.4 Å². The number of ether oxygens (including phenoxy) is 2. The van der Waals surface area contributed by atoms with E-state index in [1.807, 2.05) is 24.4 Å². The highest BCUT2D eigenvalue weighted by atomic mass is 32.1. The standard InChI is InChI=1S/C15H20N2O2S/c1-4-14-9-17-15(20-14)10-16-8-11-5-12(18-2)7-13(6-11)19-3/h5-7,9,16H,4,8,10H2,1-3H3. The number of aryl methyl sites for hydroxylation is 1. The maximum Gasteiger partial charge on any atom is 0.122 e. The molecule has 0 spiro atoms. The van der Waals surface area contributed by atoms with E-state index in [4.69, 9.17) is 9.47 Å². The Morgan fingerprint density at radius 2 is 1.80 bits per heavy atom. The Balaban J connectivity index is 1.93. The molecule has 0 amide bonds. The van der Waals surface area contributed by atoms with Crippen LogP contribution in [-0.2, 0) is 19.5 Å². The highest BCUT2D eigenvalue weighted by Gasteiger charge is 2.03. The Bertz CT molecular complexity index is 532. The van der Waals surface area contributed by atoms with Gasteiger partial charge in [-0.3, -0.25) is 0 Å².